The third kappa shape index (κ3) is 3.73. The van der Waals surface area contributed by atoms with Crippen LogP contribution in [0.2, 0.25) is 0 Å². The molecule has 0 aromatic heterocycles. The lowest BCUT2D eigenvalue weighted by atomic mass is 10.1. The zero-order chi connectivity index (χ0) is 15.6. The lowest BCUT2D eigenvalue weighted by Crippen LogP contribution is -2.46. The monoisotopic (exact) mass is 324 g/mol. The van der Waals surface area contributed by atoms with Crippen LogP contribution >= 0.6 is 0 Å². The largest absolute Gasteiger partial charge is 0.491 e. The third-order valence-electron chi connectivity index (χ3n) is 4.40. The summed E-state index contributed by atoms with van der Waals surface area (Å²) in [6.07, 6.45) is 3.04. The summed E-state index contributed by atoms with van der Waals surface area (Å²) in [5.74, 6) is 1.35. The summed E-state index contributed by atoms with van der Waals surface area (Å²) in [7, 11) is -2.84. The molecule has 0 N–H and O–H groups in total. The zero-order valence-electron chi connectivity index (χ0n) is 13.1. The first-order valence-corrected chi connectivity index (χ1v) is 9.99. The molecule has 0 amide bonds. The van der Waals surface area contributed by atoms with Gasteiger partial charge in [0, 0.05) is 38.9 Å². The highest BCUT2D eigenvalue weighted by Crippen LogP contribution is 2.36. The summed E-state index contributed by atoms with van der Waals surface area (Å²) in [6.45, 7) is 5.56. The Bertz CT molecular complexity index is 622. The van der Waals surface area contributed by atoms with Gasteiger partial charge in [0.1, 0.15) is 15.6 Å². The second-order valence-corrected chi connectivity index (χ2v) is 8.44. The smallest absolute Gasteiger partial charge is 0.147 e. The molecular formula is C16H24N2O3S. The molecule has 2 aliphatic rings. The highest BCUT2D eigenvalue weighted by atomic mass is 32.2. The number of fused-ring (bicyclic) bond motifs is 1. The molecule has 3 rings (SSSR count). The molecule has 0 radical (unpaired) electrons. The van der Waals surface area contributed by atoms with Gasteiger partial charge in [0.05, 0.1) is 18.0 Å². The molecule has 0 bridgehead atoms. The number of hydrogen-bond acceptors (Lipinski definition) is 5. The number of piperazine rings is 1. The molecular weight excluding hydrogens is 300 g/mol. The van der Waals surface area contributed by atoms with Crippen molar-refractivity contribution < 1.29 is 13.2 Å². The number of benzene rings is 1. The van der Waals surface area contributed by atoms with E-state index in [-0.39, 0.29) is 5.75 Å². The second-order valence-electron chi connectivity index (χ2n) is 6.18. The van der Waals surface area contributed by atoms with E-state index in [0.29, 0.717) is 0 Å². The first kappa shape index (κ1) is 15.6. The van der Waals surface area contributed by atoms with Crippen LogP contribution in [0.15, 0.2) is 18.2 Å². The van der Waals surface area contributed by atoms with E-state index in [1.165, 1.54) is 17.5 Å². The van der Waals surface area contributed by atoms with Gasteiger partial charge in [-0.05, 0) is 24.6 Å². The summed E-state index contributed by atoms with van der Waals surface area (Å²) in [5.41, 5.74) is 2.53. The van der Waals surface area contributed by atoms with Gasteiger partial charge in [-0.25, -0.2) is 8.42 Å². The maximum Gasteiger partial charge on any atom is 0.147 e. The highest BCUT2D eigenvalue weighted by Gasteiger charge is 2.23. The van der Waals surface area contributed by atoms with E-state index < -0.39 is 9.84 Å². The number of ether oxygens (including phenoxy) is 1. The molecule has 2 aliphatic heterocycles. The van der Waals surface area contributed by atoms with Crippen LogP contribution in [0.1, 0.15) is 12.0 Å². The first-order chi connectivity index (χ1) is 10.5. The molecule has 1 saturated heterocycles. The maximum atomic E-state index is 11.2. The van der Waals surface area contributed by atoms with Gasteiger partial charge in [-0.3, -0.25) is 4.90 Å². The van der Waals surface area contributed by atoms with Gasteiger partial charge < -0.3 is 9.64 Å². The van der Waals surface area contributed by atoms with Crippen LogP contribution in [-0.2, 0) is 16.3 Å². The van der Waals surface area contributed by atoms with Crippen LogP contribution in [0.25, 0.3) is 0 Å². The molecule has 0 saturated carbocycles. The molecule has 0 unspecified atom stereocenters. The number of para-hydroxylation sites is 1. The number of sulfone groups is 1. The van der Waals surface area contributed by atoms with Gasteiger partial charge >= 0.3 is 0 Å². The number of hydrogen-bond donors (Lipinski definition) is 0. The fraction of sp³-hybridized carbons (Fsp3) is 0.625. The van der Waals surface area contributed by atoms with Crippen molar-refractivity contribution in [1.82, 2.24) is 4.90 Å². The van der Waals surface area contributed by atoms with Crippen LogP contribution in [-0.4, -0.2) is 64.7 Å². The standard InChI is InChI=1S/C16H24N2O3S/c1-22(19,20)13-3-7-17-8-10-18(11-9-17)15-5-2-4-14-6-12-21-16(14)15/h2,4-5H,3,6-13H2,1H3. The highest BCUT2D eigenvalue weighted by molar-refractivity contribution is 7.90. The topological polar surface area (TPSA) is 49.9 Å². The Balaban J connectivity index is 1.53. The summed E-state index contributed by atoms with van der Waals surface area (Å²) in [6, 6.07) is 6.40. The molecule has 2 heterocycles. The van der Waals surface area contributed by atoms with Crippen molar-refractivity contribution in [2.24, 2.45) is 0 Å². The SMILES string of the molecule is CS(=O)(=O)CCCN1CCN(c2cccc3c2OCC3)CC1. The minimum absolute atomic E-state index is 0.285. The average Bonchev–Trinajstić information content (AvgIpc) is 2.95. The molecule has 1 aromatic carbocycles. The van der Waals surface area contributed by atoms with Gasteiger partial charge in [0.2, 0.25) is 0 Å². The molecule has 1 aromatic rings. The minimum Gasteiger partial charge on any atom is -0.491 e. The Morgan fingerprint density at radius 2 is 1.95 bits per heavy atom. The zero-order valence-corrected chi connectivity index (χ0v) is 13.9. The Morgan fingerprint density at radius 3 is 2.68 bits per heavy atom. The summed E-state index contributed by atoms with van der Waals surface area (Å²) in [4.78, 5) is 4.74. The Hall–Kier alpha value is -1.27. The van der Waals surface area contributed by atoms with E-state index in [4.69, 9.17) is 4.74 Å². The summed E-state index contributed by atoms with van der Waals surface area (Å²) < 4.78 is 28.1. The predicted molar refractivity (Wildman–Crippen MR) is 88.6 cm³/mol. The normalized spacial score (nSPS) is 19.0. The van der Waals surface area contributed by atoms with Crippen molar-refractivity contribution in [1.29, 1.82) is 0 Å². The van der Waals surface area contributed by atoms with Gasteiger partial charge in [0.25, 0.3) is 0 Å². The third-order valence-corrected chi connectivity index (χ3v) is 5.43. The van der Waals surface area contributed by atoms with Gasteiger partial charge in [-0.15, -0.1) is 0 Å². The Kier molecular flexibility index (Phi) is 4.59. The van der Waals surface area contributed by atoms with Crippen molar-refractivity contribution in [2.45, 2.75) is 12.8 Å². The van der Waals surface area contributed by atoms with Crippen molar-refractivity contribution in [3.05, 3.63) is 23.8 Å². The molecule has 5 nitrogen and oxygen atoms in total. The van der Waals surface area contributed by atoms with Crippen molar-refractivity contribution >= 4 is 15.5 Å². The number of nitrogens with zero attached hydrogens (tertiary/aromatic N) is 2. The van der Waals surface area contributed by atoms with Crippen LogP contribution < -0.4 is 9.64 Å². The van der Waals surface area contributed by atoms with Crippen molar-refractivity contribution in [2.75, 3.05) is 56.2 Å². The first-order valence-electron chi connectivity index (χ1n) is 7.93. The lowest BCUT2D eigenvalue weighted by molar-refractivity contribution is 0.257. The maximum absolute atomic E-state index is 11.2. The van der Waals surface area contributed by atoms with Gasteiger partial charge in [-0.2, -0.15) is 0 Å². The number of anilines is 1. The summed E-state index contributed by atoms with van der Waals surface area (Å²) >= 11 is 0. The molecule has 122 valence electrons. The van der Waals surface area contributed by atoms with Crippen LogP contribution in [0.4, 0.5) is 5.69 Å². The van der Waals surface area contributed by atoms with Crippen molar-refractivity contribution in [3.8, 4) is 5.75 Å². The van der Waals surface area contributed by atoms with E-state index in [9.17, 15) is 8.42 Å². The van der Waals surface area contributed by atoms with Crippen LogP contribution in [0.3, 0.4) is 0 Å². The van der Waals surface area contributed by atoms with E-state index in [2.05, 4.69) is 28.0 Å². The average molecular weight is 324 g/mol. The van der Waals surface area contributed by atoms with Crippen LogP contribution in [0, 0.1) is 0 Å². The van der Waals surface area contributed by atoms with Gasteiger partial charge in [0.15, 0.2) is 0 Å². The summed E-state index contributed by atoms with van der Waals surface area (Å²) in [5, 5.41) is 0. The fourth-order valence-corrected chi connectivity index (χ4v) is 3.86. The Labute approximate surface area is 132 Å². The van der Waals surface area contributed by atoms with Crippen LogP contribution in [0.5, 0.6) is 5.75 Å². The molecule has 0 atom stereocenters. The quantitative estimate of drug-likeness (QED) is 0.814. The van der Waals surface area contributed by atoms with E-state index in [0.717, 1.165) is 57.9 Å². The van der Waals surface area contributed by atoms with E-state index in [1.54, 1.807) is 0 Å². The molecule has 0 spiro atoms. The predicted octanol–water partition coefficient (Wildman–Crippen LogP) is 1.18. The Morgan fingerprint density at radius 1 is 1.18 bits per heavy atom. The van der Waals surface area contributed by atoms with E-state index in [1.807, 2.05) is 0 Å². The molecule has 22 heavy (non-hydrogen) atoms. The fourth-order valence-electron chi connectivity index (χ4n) is 3.21. The molecule has 0 aliphatic carbocycles. The number of rotatable bonds is 5. The molecule has 6 heteroatoms. The second kappa shape index (κ2) is 6.46. The lowest BCUT2D eigenvalue weighted by Gasteiger charge is -2.36. The van der Waals surface area contributed by atoms with Crippen molar-refractivity contribution in [3.63, 3.8) is 0 Å². The van der Waals surface area contributed by atoms with E-state index >= 15 is 0 Å². The van der Waals surface area contributed by atoms with Gasteiger partial charge in [-0.1, -0.05) is 12.1 Å². The molecule has 1 fully saturated rings. The minimum atomic E-state index is -2.84.